The van der Waals surface area contributed by atoms with Crippen LogP contribution in [0.2, 0.25) is 0 Å². The Labute approximate surface area is 347 Å². The standard InChI is InChI=1S/C31H39N9O3S.C3H7NO.2C3H8.CH2O2/c1-5-11-38(3)18-28-33-16-23(36-28)21-7-9-24-27(14-21)44-26-10-8-20(13-25(26)40(24)32)22-15-34-29(37-22)19-39(12-6-2)30(41)17-35-31(42)43-4;1-4-2-3-5;2*1-3-2;2-1-3/h7-10,13-16H,5-6,11-12,17-19,32H2,1-4H3,(H,33,36)(H,34,37)(H,35,42);3-4H,2H2,1H3;2*3H2,1-2H3;1H,(H,2,3). The number of methoxy groups -OCH3 is 1. The fraction of sp³-hybridized carbons (Fsp3) is 0.463. The molecule has 0 spiro atoms. The highest BCUT2D eigenvalue weighted by Gasteiger charge is 2.24. The molecule has 1 aliphatic heterocycles. The molecule has 0 aliphatic carbocycles. The van der Waals surface area contributed by atoms with Crippen molar-refractivity contribution in [2.45, 2.75) is 90.1 Å². The van der Waals surface area contributed by atoms with Gasteiger partial charge in [-0.1, -0.05) is 78.3 Å². The van der Waals surface area contributed by atoms with Gasteiger partial charge in [0.1, 0.15) is 24.5 Å². The normalized spacial score (nSPS) is 10.7. The molecule has 0 atom stereocenters. The topological polar surface area (TPSA) is 215 Å². The lowest BCUT2D eigenvalue weighted by Crippen LogP contribution is -2.40. The zero-order valence-corrected chi connectivity index (χ0v) is 36.4. The summed E-state index contributed by atoms with van der Waals surface area (Å²) in [6.07, 6.45) is 8.20. The molecular formula is C41H64N10O6S. The quantitative estimate of drug-likeness (QED) is 0.0570. The maximum atomic E-state index is 12.7. The summed E-state index contributed by atoms with van der Waals surface area (Å²) in [6.45, 7) is 15.4. The fourth-order valence-corrected chi connectivity index (χ4v) is 6.32. The van der Waals surface area contributed by atoms with Gasteiger partial charge in [0, 0.05) is 27.5 Å². The number of imidazole rings is 2. The summed E-state index contributed by atoms with van der Waals surface area (Å²) in [7, 11) is 5.09. The number of aldehydes is 1. The van der Waals surface area contributed by atoms with Crippen molar-refractivity contribution in [3.63, 3.8) is 0 Å². The molecule has 2 aromatic heterocycles. The van der Waals surface area contributed by atoms with Crippen LogP contribution in [0.15, 0.2) is 58.6 Å². The maximum Gasteiger partial charge on any atom is 0.407 e. The van der Waals surface area contributed by atoms with Crippen LogP contribution in [0.1, 0.15) is 78.9 Å². The van der Waals surface area contributed by atoms with Crippen LogP contribution >= 0.6 is 11.8 Å². The Morgan fingerprint density at radius 3 is 1.95 bits per heavy atom. The largest absolute Gasteiger partial charge is 0.483 e. The zero-order valence-electron chi connectivity index (χ0n) is 35.6. The minimum atomic E-state index is -0.643. The van der Waals surface area contributed by atoms with Crippen LogP contribution in [0.25, 0.3) is 22.5 Å². The number of hydrogen-bond acceptors (Lipinski definition) is 12. The number of aromatic amines is 2. The van der Waals surface area contributed by atoms with Crippen LogP contribution in [0.4, 0.5) is 16.2 Å². The molecule has 17 heteroatoms. The van der Waals surface area contributed by atoms with Crippen molar-refractivity contribution in [3.05, 3.63) is 60.4 Å². The number of H-pyrrole nitrogens is 2. The Bertz CT molecular complexity index is 1800. The van der Waals surface area contributed by atoms with Crippen LogP contribution in [0.5, 0.6) is 0 Å². The van der Waals surface area contributed by atoms with Crippen LogP contribution in [0.3, 0.4) is 0 Å². The molecule has 58 heavy (non-hydrogen) atoms. The fourth-order valence-electron chi connectivity index (χ4n) is 5.22. The number of benzene rings is 2. The van der Waals surface area contributed by atoms with Gasteiger partial charge in [-0.15, -0.1) is 0 Å². The number of carbonyl (C=O) groups excluding carboxylic acids is 3. The summed E-state index contributed by atoms with van der Waals surface area (Å²) in [5.74, 6) is 8.04. The van der Waals surface area contributed by atoms with Gasteiger partial charge in [-0.25, -0.2) is 20.6 Å². The number of anilines is 2. The molecular weight excluding hydrogens is 761 g/mol. The van der Waals surface area contributed by atoms with Gasteiger partial charge in [-0.3, -0.25) is 19.5 Å². The number of alkyl carbamates (subject to hydrolysis) is 1. The van der Waals surface area contributed by atoms with Gasteiger partial charge in [-0.2, -0.15) is 0 Å². The SMILES string of the molecule is CCC.CCC.CCCN(C)Cc1ncc(-c2ccc3c(c2)Sc2ccc(-c4cnc(CN(CCC)C(=O)CNC(=O)OC)[nH]4)cc2N3N)[nH]1.CNCC=O.O=CO. The Morgan fingerprint density at radius 1 is 0.879 bits per heavy atom. The second kappa shape index (κ2) is 29.1. The van der Waals surface area contributed by atoms with E-state index in [2.05, 4.69) is 100 Å². The predicted molar refractivity (Wildman–Crippen MR) is 232 cm³/mol. The number of hydrazine groups is 1. The van der Waals surface area contributed by atoms with E-state index in [9.17, 15) is 14.4 Å². The Hall–Kier alpha value is -5.23. The number of fused-ring (bicyclic) bond motifs is 2. The number of nitrogens with one attached hydrogen (secondary N) is 4. The highest BCUT2D eigenvalue weighted by atomic mass is 32.2. The van der Waals surface area contributed by atoms with E-state index in [1.165, 1.54) is 20.0 Å². The van der Waals surface area contributed by atoms with Crippen molar-refractivity contribution in [3.8, 4) is 22.5 Å². The van der Waals surface area contributed by atoms with Crippen molar-refractivity contribution in [1.82, 2.24) is 40.4 Å². The first-order valence-corrected chi connectivity index (χ1v) is 20.3. The number of rotatable bonds is 14. The van der Waals surface area contributed by atoms with Gasteiger partial charge < -0.3 is 40.1 Å². The Balaban J connectivity index is 0.00000105. The van der Waals surface area contributed by atoms with E-state index in [0.29, 0.717) is 25.5 Å². The van der Waals surface area contributed by atoms with Crippen molar-refractivity contribution in [2.75, 3.05) is 52.4 Å². The number of hydrogen-bond donors (Lipinski definition) is 6. The van der Waals surface area contributed by atoms with Crippen molar-refractivity contribution >= 4 is 47.9 Å². The lowest BCUT2D eigenvalue weighted by Gasteiger charge is -2.29. The molecule has 5 rings (SSSR count). The number of carbonyl (C=O) groups is 4. The van der Waals surface area contributed by atoms with E-state index >= 15 is 0 Å². The van der Waals surface area contributed by atoms with E-state index in [-0.39, 0.29) is 18.9 Å². The molecule has 0 unspecified atom stereocenters. The minimum Gasteiger partial charge on any atom is -0.483 e. The molecule has 1 aliphatic rings. The summed E-state index contributed by atoms with van der Waals surface area (Å²) >= 11 is 1.68. The number of likely N-dealkylation sites (N-methyl/N-ethyl adjacent to an activating group) is 1. The van der Waals surface area contributed by atoms with E-state index in [1.807, 2.05) is 31.3 Å². The summed E-state index contributed by atoms with van der Waals surface area (Å²) < 4.78 is 4.56. The first-order chi connectivity index (χ1) is 27.9. The first-order valence-electron chi connectivity index (χ1n) is 19.5. The van der Waals surface area contributed by atoms with E-state index in [4.69, 9.17) is 15.7 Å². The van der Waals surface area contributed by atoms with Gasteiger partial charge in [0.2, 0.25) is 5.91 Å². The van der Waals surface area contributed by atoms with Crippen LogP contribution in [0, 0.1) is 0 Å². The highest BCUT2D eigenvalue weighted by molar-refractivity contribution is 7.99. The minimum absolute atomic E-state index is 0.141. The molecule has 0 radical (unpaired) electrons. The molecule has 2 aromatic carbocycles. The van der Waals surface area contributed by atoms with Gasteiger partial charge >= 0.3 is 6.09 Å². The molecule has 4 aromatic rings. The molecule has 3 heterocycles. The number of ether oxygens (including phenoxy) is 1. The third-order valence-electron chi connectivity index (χ3n) is 7.61. The first kappa shape index (κ1) is 50.8. The van der Waals surface area contributed by atoms with Crippen LogP contribution < -0.4 is 21.5 Å². The van der Waals surface area contributed by atoms with E-state index in [0.717, 1.165) is 81.7 Å². The lowest BCUT2D eigenvalue weighted by molar-refractivity contribution is -0.131. The van der Waals surface area contributed by atoms with Gasteiger partial charge in [0.25, 0.3) is 6.47 Å². The molecule has 7 N–H and O–H groups in total. The second-order valence-electron chi connectivity index (χ2n) is 13.0. The van der Waals surface area contributed by atoms with Gasteiger partial charge in [0.15, 0.2) is 0 Å². The third kappa shape index (κ3) is 17.1. The molecule has 0 fully saturated rings. The lowest BCUT2D eigenvalue weighted by atomic mass is 10.1. The average Bonchev–Trinajstić information content (AvgIpc) is 3.88. The van der Waals surface area contributed by atoms with E-state index in [1.54, 1.807) is 34.9 Å². The summed E-state index contributed by atoms with van der Waals surface area (Å²) in [5, 5.41) is 13.7. The monoisotopic (exact) mass is 824 g/mol. The number of aromatic nitrogens is 4. The molecule has 0 bridgehead atoms. The summed E-state index contributed by atoms with van der Waals surface area (Å²) in [5.41, 5.74) is 5.60. The highest BCUT2D eigenvalue weighted by Crippen LogP contribution is 2.48. The van der Waals surface area contributed by atoms with Crippen molar-refractivity contribution in [2.24, 2.45) is 5.84 Å². The molecule has 320 valence electrons. The summed E-state index contributed by atoms with van der Waals surface area (Å²) in [4.78, 5) is 63.7. The number of amides is 2. The second-order valence-corrected chi connectivity index (χ2v) is 14.1. The average molecular weight is 825 g/mol. The molecule has 16 nitrogen and oxygen atoms in total. The van der Waals surface area contributed by atoms with Crippen LogP contribution in [-0.2, 0) is 32.2 Å². The van der Waals surface area contributed by atoms with E-state index < -0.39 is 6.09 Å². The van der Waals surface area contributed by atoms with Crippen molar-refractivity contribution < 1.29 is 29.0 Å². The molecule has 0 saturated heterocycles. The molecule has 0 saturated carbocycles. The number of carboxylic acid groups (broad SMARTS) is 1. The zero-order chi connectivity index (χ0) is 43.5. The van der Waals surface area contributed by atoms with Crippen LogP contribution in [-0.4, -0.2) is 107 Å². The predicted octanol–water partition coefficient (Wildman–Crippen LogP) is 6.82. The maximum absolute atomic E-state index is 12.7. The number of nitrogens with zero attached hydrogens (tertiary/aromatic N) is 5. The third-order valence-corrected chi connectivity index (χ3v) is 8.72. The Kier molecular flexibility index (Phi) is 25.4. The summed E-state index contributed by atoms with van der Waals surface area (Å²) in [6, 6.07) is 12.4. The Morgan fingerprint density at radius 2 is 1.43 bits per heavy atom. The number of nitrogens with two attached hydrogens (primary N) is 1. The van der Waals surface area contributed by atoms with Gasteiger partial charge in [0.05, 0.1) is 61.9 Å². The molecule has 2 amide bonds. The van der Waals surface area contributed by atoms with Crippen molar-refractivity contribution in [1.29, 1.82) is 0 Å². The smallest absolute Gasteiger partial charge is 0.407 e. The van der Waals surface area contributed by atoms with Gasteiger partial charge in [-0.05, 0) is 57.7 Å².